The lowest BCUT2D eigenvalue weighted by molar-refractivity contribution is 0.610. The maximum absolute atomic E-state index is 5.69. The highest BCUT2D eigenvalue weighted by Crippen LogP contribution is 2.24. The molecule has 2 atom stereocenters. The molecule has 0 aliphatic rings. The number of rotatable bonds is 6. The maximum Gasteiger partial charge on any atom is 0.0705 e. The van der Waals surface area contributed by atoms with E-state index in [1.165, 1.54) is 12.0 Å². The van der Waals surface area contributed by atoms with Gasteiger partial charge in [0.25, 0.3) is 0 Å². The van der Waals surface area contributed by atoms with Gasteiger partial charge in [-0.3, -0.25) is 16.3 Å². The van der Waals surface area contributed by atoms with Gasteiger partial charge in [-0.1, -0.05) is 32.0 Å². The molecule has 4 heteroatoms. The largest absolute Gasteiger partial charge is 0.271 e. The number of hydrazine groups is 1. The molecule has 0 bridgehead atoms. The van der Waals surface area contributed by atoms with Gasteiger partial charge in [-0.2, -0.15) is 11.8 Å². The van der Waals surface area contributed by atoms with Gasteiger partial charge in [-0.15, -0.1) is 0 Å². The minimum Gasteiger partial charge on any atom is -0.271 e. The van der Waals surface area contributed by atoms with Gasteiger partial charge in [0.1, 0.15) is 0 Å². The second kappa shape index (κ2) is 6.89. The van der Waals surface area contributed by atoms with Crippen LogP contribution >= 0.6 is 11.8 Å². The molecular formula is C15H21N3S. The summed E-state index contributed by atoms with van der Waals surface area (Å²) in [6.45, 7) is 4.46. The third-order valence-electron chi connectivity index (χ3n) is 3.36. The first-order valence-electron chi connectivity index (χ1n) is 6.67. The molecule has 1 aromatic carbocycles. The highest BCUT2D eigenvalue weighted by atomic mass is 32.2. The lowest BCUT2D eigenvalue weighted by Crippen LogP contribution is -2.30. The van der Waals surface area contributed by atoms with E-state index >= 15 is 0 Å². The molecule has 0 radical (unpaired) electrons. The second-order valence-corrected chi connectivity index (χ2v) is 6.20. The Hall–Kier alpha value is -1.10. The number of nitrogens with two attached hydrogens (primary N) is 1. The van der Waals surface area contributed by atoms with Crippen LogP contribution in [0.4, 0.5) is 0 Å². The quantitative estimate of drug-likeness (QED) is 0.627. The van der Waals surface area contributed by atoms with Gasteiger partial charge in [-0.25, -0.2) is 0 Å². The lowest BCUT2D eigenvalue weighted by atomic mass is 10.1. The number of thioether (sulfide) groups is 1. The molecule has 3 N–H and O–H groups in total. The van der Waals surface area contributed by atoms with Crippen LogP contribution in [0.15, 0.2) is 36.5 Å². The molecule has 2 rings (SSSR count). The molecule has 3 nitrogen and oxygen atoms in total. The fraction of sp³-hybridized carbons (Fsp3) is 0.400. The zero-order valence-corrected chi connectivity index (χ0v) is 12.3. The smallest absolute Gasteiger partial charge is 0.0705 e. The summed E-state index contributed by atoms with van der Waals surface area (Å²) in [5.41, 5.74) is 5.13. The minimum atomic E-state index is 0.172. The van der Waals surface area contributed by atoms with E-state index in [0.29, 0.717) is 5.25 Å². The third kappa shape index (κ3) is 3.69. The van der Waals surface area contributed by atoms with Crippen molar-refractivity contribution in [3.05, 3.63) is 42.1 Å². The molecule has 0 fully saturated rings. The number of hydrogen-bond acceptors (Lipinski definition) is 4. The Morgan fingerprint density at radius 3 is 2.95 bits per heavy atom. The Balaban J connectivity index is 2.15. The number of hydrogen-bond donors (Lipinski definition) is 2. The van der Waals surface area contributed by atoms with Crippen molar-refractivity contribution in [3.8, 4) is 0 Å². The zero-order valence-electron chi connectivity index (χ0n) is 11.5. The van der Waals surface area contributed by atoms with Crippen LogP contribution in [0, 0.1) is 0 Å². The van der Waals surface area contributed by atoms with E-state index in [9.17, 15) is 0 Å². The Bertz CT molecular complexity index is 530. The molecule has 0 aliphatic heterocycles. The van der Waals surface area contributed by atoms with Crippen LogP contribution in [0.25, 0.3) is 10.9 Å². The summed E-state index contributed by atoms with van der Waals surface area (Å²) in [6.07, 6.45) is 3.01. The molecule has 2 aromatic rings. The molecular weight excluding hydrogens is 254 g/mol. The number of benzene rings is 1. The summed E-state index contributed by atoms with van der Waals surface area (Å²) in [4.78, 5) is 4.39. The summed E-state index contributed by atoms with van der Waals surface area (Å²) in [5, 5.41) is 1.83. The molecule has 0 spiro atoms. The molecule has 1 heterocycles. The van der Waals surface area contributed by atoms with Crippen LogP contribution in [0.2, 0.25) is 0 Å². The average molecular weight is 275 g/mol. The average Bonchev–Trinajstić information content (AvgIpc) is 2.47. The lowest BCUT2D eigenvalue weighted by Gasteiger charge is -2.18. The van der Waals surface area contributed by atoms with Gasteiger partial charge in [-0.05, 0) is 24.1 Å². The number of pyridine rings is 1. The van der Waals surface area contributed by atoms with Crippen molar-refractivity contribution in [2.75, 3.05) is 5.75 Å². The van der Waals surface area contributed by atoms with E-state index in [2.05, 4.69) is 48.5 Å². The van der Waals surface area contributed by atoms with Crippen LogP contribution in [0.3, 0.4) is 0 Å². The number of nitrogens with one attached hydrogen (secondary N) is 1. The first-order chi connectivity index (χ1) is 9.24. The van der Waals surface area contributed by atoms with E-state index in [1.807, 2.05) is 24.0 Å². The summed E-state index contributed by atoms with van der Waals surface area (Å²) in [5.74, 6) is 6.67. The molecule has 2 unspecified atom stereocenters. The fourth-order valence-electron chi connectivity index (χ4n) is 1.92. The highest BCUT2D eigenvalue weighted by Gasteiger charge is 2.12. The first kappa shape index (κ1) is 14.3. The Morgan fingerprint density at radius 2 is 2.21 bits per heavy atom. The zero-order chi connectivity index (χ0) is 13.7. The first-order valence-corrected chi connectivity index (χ1v) is 7.72. The highest BCUT2D eigenvalue weighted by molar-refractivity contribution is 7.99. The predicted molar refractivity (Wildman–Crippen MR) is 84.0 cm³/mol. The summed E-state index contributed by atoms with van der Waals surface area (Å²) < 4.78 is 0. The van der Waals surface area contributed by atoms with E-state index in [1.54, 1.807) is 0 Å². The van der Waals surface area contributed by atoms with E-state index in [-0.39, 0.29) is 6.04 Å². The maximum atomic E-state index is 5.69. The third-order valence-corrected chi connectivity index (χ3v) is 4.78. The van der Waals surface area contributed by atoms with Crippen LogP contribution in [0.1, 0.15) is 31.9 Å². The fourth-order valence-corrected chi connectivity index (χ4v) is 2.96. The number of aromatic nitrogens is 1. The minimum absolute atomic E-state index is 0.172. The van der Waals surface area contributed by atoms with Crippen molar-refractivity contribution >= 4 is 22.7 Å². The number of nitrogens with zero attached hydrogens (tertiary/aromatic N) is 1. The van der Waals surface area contributed by atoms with Crippen molar-refractivity contribution in [2.45, 2.75) is 31.6 Å². The van der Waals surface area contributed by atoms with Crippen molar-refractivity contribution in [1.29, 1.82) is 0 Å². The van der Waals surface area contributed by atoms with E-state index in [4.69, 9.17) is 5.84 Å². The van der Waals surface area contributed by atoms with Crippen LogP contribution in [0.5, 0.6) is 0 Å². The van der Waals surface area contributed by atoms with Gasteiger partial charge in [0.15, 0.2) is 0 Å². The monoisotopic (exact) mass is 275 g/mol. The number of fused-ring (bicyclic) bond motifs is 1. The van der Waals surface area contributed by atoms with Crippen LogP contribution in [-0.2, 0) is 0 Å². The topological polar surface area (TPSA) is 50.9 Å². The predicted octanol–water partition coefficient (Wildman–Crippen LogP) is 3.27. The molecule has 102 valence electrons. The molecule has 19 heavy (non-hydrogen) atoms. The van der Waals surface area contributed by atoms with Crippen molar-refractivity contribution < 1.29 is 0 Å². The van der Waals surface area contributed by atoms with Crippen molar-refractivity contribution in [2.24, 2.45) is 5.84 Å². The van der Waals surface area contributed by atoms with Crippen LogP contribution in [-0.4, -0.2) is 16.0 Å². The molecule has 0 aliphatic carbocycles. The van der Waals surface area contributed by atoms with Crippen LogP contribution < -0.4 is 11.3 Å². The SMILES string of the molecule is CCC(C)SCC(NN)c1ccc2cccnc2c1. The van der Waals surface area contributed by atoms with E-state index < -0.39 is 0 Å². The van der Waals surface area contributed by atoms with Gasteiger partial charge in [0.05, 0.1) is 11.6 Å². The summed E-state index contributed by atoms with van der Waals surface area (Å²) in [6, 6.07) is 10.6. The van der Waals surface area contributed by atoms with Crippen molar-refractivity contribution in [3.63, 3.8) is 0 Å². The normalized spacial score (nSPS) is 14.5. The van der Waals surface area contributed by atoms with Gasteiger partial charge < -0.3 is 0 Å². The molecule has 0 saturated carbocycles. The van der Waals surface area contributed by atoms with E-state index in [0.717, 1.165) is 16.7 Å². The Labute approximate surface area is 119 Å². The van der Waals surface area contributed by atoms with Gasteiger partial charge in [0, 0.05) is 22.6 Å². The second-order valence-electron chi connectivity index (χ2n) is 4.73. The molecule has 1 aromatic heterocycles. The van der Waals surface area contributed by atoms with Crippen molar-refractivity contribution in [1.82, 2.24) is 10.4 Å². The van der Waals surface area contributed by atoms with Gasteiger partial charge in [0.2, 0.25) is 0 Å². The summed E-state index contributed by atoms with van der Waals surface area (Å²) >= 11 is 1.95. The molecule has 0 saturated heterocycles. The Kier molecular flexibility index (Phi) is 5.19. The molecule has 0 amide bonds. The Morgan fingerprint density at radius 1 is 1.37 bits per heavy atom. The summed E-state index contributed by atoms with van der Waals surface area (Å²) in [7, 11) is 0. The van der Waals surface area contributed by atoms with Gasteiger partial charge >= 0.3 is 0 Å². The standard InChI is InChI=1S/C15H21N3S/c1-3-11(2)19-10-15(18-16)13-7-6-12-5-4-8-17-14(12)9-13/h4-9,11,15,18H,3,10,16H2,1-2H3.